The molecule has 5 rings (SSSR count). The molecule has 3 atom stereocenters. The number of furan rings is 1. The summed E-state index contributed by atoms with van der Waals surface area (Å²) < 4.78 is 45.3. The summed E-state index contributed by atoms with van der Waals surface area (Å²) in [5.41, 5.74) is -0.249. The van der Waals surface area contributed by atoms with Crippen LogP contribution in [0, 0.1) is 12.8 Å². The van der Waals surface area contributed by atoms with Gasteiger partial charge in [-0.3, -0.25) is 14.5 Å². The van der Waals surface area contributed by atoms with Crippen LogP contribution in [0.4, 0.5) is 13.2 Å². The lowest BCUT2D eigenvalue weighted by molar-refractivity contribution is -0.170. The molecule has 1 aromatic rings. The molecule has 2 bridgehead atoms. The summed E-state index contributed by atoms with van der Waals surface area (Å²) in [6, 6.07) is 0.363. The third kappa shape index (κ3) is 4.29. The van der Waals surface area contributed by atoms with Crippen molar-refractivity contribution < 1.29 is 27.2 Å². The molecule has 1 aromatic heterocycles. The van der Waals surface area contributed by atoms with Crippen molar-refractivity contribution in [3.63, 3.8) is 0 Å². The Morgan fingerprint density at radius 3 is 2.42 bits per heavy atom. The number of nitrogens with one attached hydrogen (secondary N) is 2. The van der Waals surface area contributed by atoms with Crippen molar-refractivity contribution in [2.24, 2.45) is 5.92 Å². The zero-order valence-corrected chi connectivity index (χ0v) is 19.0. The number of carbonyl (C=O) groups is 2. The number of aryl methyl sites for hydroxylation is 2. The molecule has 2 saturated heterocycles. The molecule has 6 nitrogen and oxygen atoms in total. The highest BCUT2D eigenvalue weighted by Crippen LogP contribution is 2.49. The fourth-order valence-electron chi connectivity index (χ4n) is 6.21. The van der Waals surface area contributed by atoms with E-state index in [1.165, 1.54) is 0 Å². The first-order chi connectivity index (χ1) is 15.7. The Hall–Kier alpha value is -2.03. The molecule has 0 aromatic carbocycles. The third-order valence-electron chi connectivity index (χ3n) is 8.11. The van der Waals surface area contributed by atoms with Crippen LogP contribution in [0.15, 0.2) is 4.42 Å². The second-order valence-electron chi connectivity index (χ2n) is 10.4. The number of hydrogen-bond donors (Lipinski definition) is 2. The number of amides is 2. The Morgan fingerprint density at radius 1 is 1.12 bits per heavy atom. The summed E-state index contributed by atoms with van der Waals surface area (Å²) in [5.74, 6) is 1.34. The maximum absolute atomic E-state index is 13.2. The Bertz CT molecular complexity index is 923. The molecule has 1 saturated carbocycles. The van der Waals surface area contributed by atoms with Gasteiger partial charge >= 0.3 is 6.18 Å². The van der Waals surface area contributed by atoms with Gasteiger partial charge in [-0.25, -0.2) is 0 Å². The number of carbonyl (C=O) groups excluding carboxylic acids is 2. The van der Waals surface area contributed by atoms with Gasteiger partial charge in [0.2, 0.25) is 5.91 Å². The van der Waals surface area contributed by atoms with Crippen LogP contribution in [0.5, 0.6) is 0 Å². The second-order valence-corrected chi connectivity index (χ2v) is 10.4. The fraction of sp³-hybridized carbons (Fsp3) is 0.750. The van der Waals surface area contributed by atoms with Gasteiger partial charge in [-0.05, 0) is 70.6 Å². The second kappa shape index (κ2) is 8.32. The fourth-order valence-corrected chi connectivity index (χ4v) is 6.21. The van der Waals surface area contributed by atoms with E-state index in [9.17, 15) is 22.8 Å². The Morgan fingerprint density at radius 2 is 1.79 bits per heavy atom. The number of rotatable bonds is 6. The number of halogens is 3. The van der Waals surface area contributed by atoms with Gasteiger partial charge in [-0.2, -0.15) is 13.2 Å². The lowest BCUT2D eigenvalue weighted by atomic mass is 9.90. The zero-order chi connectivity index (χ0) is 23.4. The van der Waals surface area contributed by atoms with Gasteiger partial charge in [-0.1, -0.05) is 0 Å². The number of hydrogen-bond acceptors (Lipinski definition) is 4. The molecule has 0 spiro atoms. The number of alkyl halides is 3. The minimum atomic E-state index is -4.39. The Labute approximate surface area is 191 Å². The van der Waals surface area contributed by atoms with E-state index in [-0.39, 0.29) is 37.4 Å². The van der Waals surface area contributed by atoms with Crippen molar-refractivity contribution in [3.8, 4) is 0 Å². The topological polar surface area (TPSA) is 74.6 Å². The van der Waals surface area contributed by atoms with Crippen molar-refractivity contribution in [3.05, 3.63) is 22.6 Å². The molecular formula is C24H32F3N3O3. The highest BCUT2D eigenvalue weighted by atomic mass is 19.4. The van der Waals surface area contributed by atoms with Gasteiger partial charge in [0.25, 0.3) is 5.91 Å². The van der Waals surface area contributed by atoms with Crippen LogP contribution in [-0.4, -0.2) is 53.6 Å². The van der Waals surface area contributed by atoms with Gasteiger partial charge in [0.1, 0.15) is 17.1 Å². The van der Waals surface area contributed by atoms with Crippen LogP contribution in [-0.2, 0) is 17.6 Å². The van der Waals surface area contributed by atoms with Crippen LogP contribution < -0.4 is 10.6 Å². The first-order valence-electron chi connectivity index (χ1n) is 12.2. The maximum Gasteiger partial charge on any atom is 0.411 e. The number of piperidine rings is 1. The molecule has 2 aliphatic carbocycles. The van der Waals surface area contributed by atoms with Crippen LogP contribution in [0.1, 0.15) is 78.8 Å². The molecule has 9 heteroatoms. The SMILES string of the molecule is Cc1oc2c(c1C(=O)NC[C@@H]1C[C@H]3CC[C@@H](C1)N3CC(=O)NC1(C(F)(F)F)CC1)CCCC2. The number of nitrogens with zero attached hydrogens (tertiary/aromatic N) is 1. The predicted molar refractivity (Wildman–Crippen MR) is 115 cm³/mol. The average molecular weight is 468 g/mol. The molecule has 0 unspecified atom stereocenters. The van der Waals surface area contributed by atoms with Crippen LogP contribution in [0.3, 0.4) is 0 Å². The van der Waals surface area contributed by atoms with Crippen LogP contribution in [0.25, 0.3) is 0 Å². The first kappa shape index (κ1) is 22.7. The van der Waals surface area contributed by atoms with Gasteiger partial charge < -0.3 is 15.1 Å². The average Bonchev–Trinajstić information content (AvgIpc) is 3.41. The van der Waals surface area contributed by atoms with E-state index < -0.39 is 17.6 Å². The van der Waals surface area contributed by atoms with Crippen molar-refractivity contribution in [1.82, 2.24) is 15.5 Å². The quantitative estimate of drug-likeness (QED) is 0.670. The molecule has 4 aliphatic rings. The Kier molecular flexibility index (Phi) is 5.74. The van der Waals surface area contributed by atoms with Gasteiger partial charge in [-0.15, -0.1) is 0 Å². The summed E-state index contributed by atoms with van der Waals surface area (Å²) in [4.78, 5) is 27.4. The van der Waals surface area contributed by atoms with Crippen molar-refractivity contribution in [2.75, 3.05) is 13.1 Å². The van der Waals surface area contributed by atoms with E-state index in [0.29, 0.717) is 23.8 Å². The molecule has 2 N–H and O–H groups in total. The zero-order valence-electron chi connectivity index (χ0n) is 19.0. The monoisotopic (exact) mass is 467 g/mol. The largest absolute Gasteiger partial charge is 0.465 e. The smallest absolute Gasteiger partial charge is 0.411 e. The molecule has 3 fully saturated rings. The van der Waals surface area contributed by atoms with Crippen LogP contribution >= 0.6 is 0 Å². The third-order valence-corrected chi connectivity index (χ3v) is 8.11. The van der Waals surface area contributed by atoms with Crippen molar-refractivity contribution >= 4 is 11.8 Å². The van der Waals surface area contributed by atoms with Gasteiger partial charge in [0.05, 0.1) is 12.1 Å². The van der Waals surface area contributed by atoms with Crippen LogP contribution in [0.2, 0.25) is 0 Å². The summed E-state index contributed by atoms with van der Waals surface area (Å²) in [7, 11) is 0. The van der Waals surface area contributed by atoms with Gasteiger partial charge in [0, 0.05) is 30.6 Å². The Balaban J connectivity index is 1.14. The summed E-state index contributed by atoms with van der Waals surface area (Å²) in [6.45, 7) is 2.44. The summed E-state index contributed by atoms with van der Waals surface area (Å²) in [6.07, 6.45) is 3.07. The highest BCUT2D eigenvalue weighted by Gasteiger charge is 2.64. The minimum Gasteiger partial charge on any atom is -0.465 e. The normalized spacial score (nSPS) is 28.3. The van der Waals surface area contributed by atoms with Crippen molar-refractivity contribution in [1.29, 1.82) is 0 Å². The first-order valence-corrected chi connectivity index (χ1v) is 12.2. The minimum absolute atomic E-state index is 0.0204. The molecule has 33 heavy (non-hydrogen) atoms. The van der Waals surface area contributed by atoms with E-state index in [4.69, 9.17) is 4.42 Å². The van der Waals surface area contributed by atoms with E-state index in [0.717, 1.165) is 62.7 Å². The molecular weight excluding hydrogens is 435 g/mol. The molecule has 0 radical (unpaired) electrons. The van der Waals surface area contributed by atoms with E-state index in [1.54, 1.807) is 0 Å². The summed E-state index contributed by atoms with van der Waals surface area (Å²) in [5, 5.41) is 5.35. The van der Waals surface area contributed by atoms with E-state index in [1.807, 2.05) is 6.92 Å². The molecule has 3 heterocycles. The lowest BCUT2D eigenvalue weighted by Gasteiger charge is -2.39. The predicted octanol–water partition coefficient (Wildman–Crippen LogP) is 3.65. The maximum atomic E-state index is 13.2. The van der Waals surface area contributed by atoms with Crippen molar-refractivity contribution in [2.45, 2.75) is 94.9 Å². The van der Waals surface area contributed by atoms with E-state index >= 15 is 0 Å². The standard InChI is InChI=1S/C24H32F3N3O3/c1-14-21(18-4-2-3-5-19(18)33-14)22(32)28-12-15-10-16-6-7-17(11-15)30(16)13-20(31)29-23(8-9-23)24(25,26)27/h15-17H,2-13H2,1H3,(H,28,32)(H,29,31)/t15-,16-,17+. The van der Waals surface area contributed by atoms with Gasteiger partial charge in [0.15, 0.2) is 0 Å². The molecule has 2 amide bonds. The molecule has 2 aliphatic heterocycles. The van der Waals surface area contributed by atoms with E-state index in [2.05, 4.69) is 15.5 Å². The lowest BCUT2D eigenvalue weighted by Crippen LogP contribution is -2.54. The highest BCUT2D eigenvalue weighted by molar-refractivity contribution is 5.97. The summed E-state index contributed by atoms with van der Waals surface area (Å²) >= 11 is 0. The number of fused-ring (bicyclic) bond motifs is 3. The molecule has 182 valence electrons.